The van der Waals surface area contributed by atoms with Gasteiger partial charge in [0.05, 0.1) is 12.2 Å². The summed E-state index contributed by atoms with van der Waals surface area (Å²) >= 11 is 0. The molecule has 1 aliphatic heterocycles. The molecule has 1 aromatic carbocycles. The van der Waals surface area contributed by atoms with Crippen LogP contribution in [0.4, 0.5) is 10.5 Å². The molecule has 0 bridgehead atoms. The van der Waals surface area contributed by atoms with E-state index in [9.17, 15) is 4.79 Å². The zero-order valence-corrected chi connectivity index (χ0v) is 15.9. The predicted octanol–water partition coefficient (Wildman–Crippen LogP) is 3.41. The molecule has 5 heteroatoms. The van der Waals surface area contributed by atoms with Gasteiger partial charge in [-0.15, -0.1) is 0 Å². The molecule has 0 spiro atoms. The van der Waals surface area contributed by atoms with Crippen LogP contribution in [0.15, 0.2) is 48.7 Å². The second-order valence-electron chi connectivity index (χ2n) is 7.75. The van der Waals surface area contributed by atoms with E-state index in [4.69, 9.17) is 0 Å². The number of rotatable bonds is 3. The maximum atomic E-state index is 12.3. The Hall–Kier alpha value is -2.56. The number of piperazine rings is 1. The molecule has 0 saturated carbocycles. The Bertz CT molecular complexity index is 714. The summed E-state index contributed by atoms with van der Waals surface area (Å²) in [5.41, 5.74) is 3.61. The van der Waals surface area contributed by atoms with Gasteiger partial charge in [-0.05, 0) is 35.2 Å². The van der Waals surface area contributed by atoms with Crippen molar-refractivity contribution in [3.63, 3.8) is 0 Å². The monoisotopic (exact) mass is 352 g/mol. The summed E-state index contributed by atoms with van der Waals surface area (Å²) in [6, 6.07) is 14.5. The van der Waals surface area contributed by atoms with Crippen LogP contribution in [-0.2, 0) is 12.0 Å². The smallest absolute Gasteiger partial charge is 0.317 e. The second-order valence-corrected chi connectivity index (χ2v) is 7.75. The first-order chi connectivity index (χ1) is 12.4. The third kappa shape index (κ3) is 4.54. The number of nitrogens with one attached hydrogen (secondary N) is 1. The van der Waals surface area contributed by atoms with Crippen LogP contribution in [-0.4, -0.2) is 42.1 Å². The number of benzene rings is 1. The Morgan fingerprint density at radius 1 is 1.04 bits per heavy atom. The number of aromatic nitrogens is 1. The van der Waals surface area contributed by atoms with Crippen molar-refractivity contribution in [1.82, 2.24) is 15.2 Å². The Kier molecular flexibility index (Phi) is 5.45. The van der Waals surface area contributed by atoms with E-state index in [0.717, 1.165) is 31.9 Å². The number of nitrogens with zero attached hydrogens (tertiary/aromatic N) is 3. The first-order valence-corrected chi connectivity index (χ1v) is 9.22. The van der Waals surface area contributed by atoms with Crippen molar-refractivity contribution in [2.45, 2.75) is 32.7 Å². The average Bonchev–Trinajstić information content (AvgIpc) is 2.66. The number of carbonyl (C=O) groups is 1. The van der Waals surface area contributed by atoms with Crippen LogP contribution in [0.2, 0.25) is 0 Å². The van der Waals surface area contributed by atoms with E-state index in [2.05, 4.69) is 60.2 Å². The normalized spacial score (nSPS) is 15.0. The molecule has 1 fully saturated rings. The van der Waals surface area contributed by atoms with E-state index in [0.29, 0.717) is 6.54 Å². The summed E-state index contributed by atoms with van der Waals surface area (Å²) in [6.45, 7) is 10.3. The van der Waals surface area contributed by atoms with Crippen molar-refractivity contribution in [2.75, 3.05) is 31.1 Å². The summed E-state index contributed by atoms with van der Waals surface area (Å²) in [5.74, 6) is 0. The molecule has 1 aliphatic rings. The van der Waals surface area contributed by atoms with Crippen LogP contribution < -0.4 is 10.2 Å². The molecule has 2 aromatic rings. The molecule has 0 unspecified atom stereocenters. The number of pyridine rings is 1. The minimum atomic E-state index is -0.0154. The fraction of sp³-hybridized carbons (Fsp3) is 0.429. The van der Waals surface area contributed by atoms with E-state index in [-0.39, 0.29) is 11.4 Å². The van der Waals surface area contributed by atoms with Gasteiger partial charge in [0.2, 0.25) is 0 Å². The summed E-state index contributed by atoms with van der Waals surface area (Å²) in [6.07, 6.45) is 1.74. The highest BCUT2D eigenvalue weighted by molar-refractivity contribution is 5.74. The molecule has 5 nitrogen and oxygen atoms in total. The first-order valence-electron chi connectivity index (χ1n) is 9.22. The zero-order chi connectivity index (χ0) is 18.6. The van der Waals surface area contributed by atoms with E-state index >= 15 is 0 Å². The van der Waals surface area contributed by atoms with Crippen molar-refractivity contribution in [3.05, 3.63) is 59.9 Å². The van der Waals surface area contributed by atoms with E-state index in [1.54, 1.807) is 6.20 Å². The lowest BCUT2D eigenvalue weighted by atomic mass is 9.87. The Morgan fingerprint density at radius 2 is 1.73 bits per heavy atom. The second kappa shape index (κ2) is 7.77. The zero-order valence-electron chi connectivity index (χ0n) is 15.9. The molecule has 26 heavy (non-hydrogen) atoms. The molecule has 1 N–H and O–H groups in total. The number of hydrogen-bond acceptors (Lipinski definition) is 3. The highest BCUT2D eigenvalue weighted by Gasteiger charge is 2.21. The SMILES string of the molecule is CC(C)(C)c1ccc(N2CCN(C(=O)NCc3ccccn3)CC2)cc1. The van der Waals surface area contributed by atoms with E-state index < -0.39 is 0 Å². The van der Waals surface area contributed by atoms with Crippen LogP contribution >= 0.6 is 0 Å². The standard InChI is InChI=1S/C21H28N4O/c1-21(2,3)17-7-9-19(10-8-17)24-12-14-25(15-13-24)20(26)23-16-18-6-4-5-11-22-18/h4-11H,12-16H2,1-3H3,(H,23,26). The maximum Gasteiger partial charge on any atom is 0.317 e. The van der Waals surface area contributed by atoms with Crippen molar-refractivity contribution in [1.29, 1.82) is 0 Å². The summed E-state index contributed by atoms with van der Waals surface area (Å²) in [5, 5.41) is 2.95. The third-order valence-electron chi connectivity index (χ3n) is 4.81. The molecule has 0 radical (unpaired) electrons. The van der Waals surface area contributed by atoms with E-state index in [1.807, 2.05) is 23.1 Å². The number of carbonyl (C=O) groups excluding carboxylic acids is 1. The predicted molar refractivity (Wildman–Crippen MR) is 105 cm³/mol. The van der Waals surface area contributed by atoms with Crippen LogP contribution in [0, 0.1) is 0 Å². The lowest BCUT2D eigenvalue weighted by molar-refractivity contribution is 0.194. The molecule has 0 aliphatic carbocycles. The van der Waals surface area contributed by atoms with Gasteiger partial charge in [0.1, 0.15) is 0 Å². The van der Waals surface area contributed by atoms with Gasteiger partial charge in [0.15, 0.2) is 0 Å². The summed E-state index contributed by atoms with van der Waals surface area (Å²) in [7, 11) is 0. The van der Waals surface area contributed by atoms with Gasteiger partial charge < -0.3 is 15.1 Å². The molecule has 1 saturated heterocycles. The van der Waals surface area contributed by atoms with Gasteiger partial charge >= 0.3 is 6.03 Å². The Labute approximate surface area is 156 Å². The van der Waals surface area contributed by atoms with Gasteiger partial charge in [0.25, 0.3) is 0 Å². The Morgan fingerprint density at radius 3 is 2.31 bits per heavy atom. The number of hydrogen-bond donors (Lipinski definition) is 1. The molecule has 1 aromatic heterocycles. The topological polar surface area (TPSA) is 48.5 Å². The molecular weight excluding hydrogens is 324 g/mol. The van der Waals surface area contributed by atoms with Gasteiger partial charge in [-0.25, -0.2) is 4.79 Å². The van der Waals surface area contributed by atoms with Gasteiger partial charge in [0, 0.05) is 38.1 Å². The quantitative estimate of drug-likeness (QED) is 0.921. The lowest BCUT2D eigenvalue weighted by Crippen LogP contribution is -2.51. The minimum absolute atomic E-state index is 0.0154. The van der Waals surface area contributed by atoms with Gasteiger partial charge in [-0.3, -0.25) is 4.98 Å². The third-order valence-corrected chi connectivity index (χ3v) is 4.81. The molecule has 138 valence electrons. The van der Waals surface area contributed by atoms with Crippen molar-refractivity contribution in [2.24, 2.45) is 0 Å². The van der Waals surface area contributed by atoms with Crippen molar-refractivity contribution >= 4 is 11.7 Å². The fourth-order valence-electron chi connectivity index (χ4n) is 3.12. The highest BCUT2D eigenvalue weighted by atomic mass is 16.2. The van der Waals surface area contributed by atoms with Crippen molar-refractivity contribution in [3.8, 4) is 0 Å². The van der Waals surface area contributed by atoms with Crippen molar-refractivity contribution < 1.29 is 4.79 Å². The number of anilines is 1. The molecule has 3 rings (SSSR count). The summed E-state index contributed by atoms with van der Waals surface area (Å²) < 4.78 is 0. The number of urea groups is 1. The highest BCUT2D eigenvalue weighted by Crippen LogP contribution is 2.25. The summed E-state index contributed by atoms with van der Waals surface area (Å²) in [4.78, 5) is 20.8. The largest absolute Gasteiger partial charge is 0.368 e. The van der Waals surface area contributed by atoms with Crippen LogP contribution in [0.1, 0.15) is 32.0 Å². The minimum Gasteiger partial charge on any atom is -0.368 e. The van der Waals surface area contributed by atoms with Gasteiger partial charge in [-0.2, -0.15) is 0 Å². The first kappa shape index (κ1) is 18.2. The van der Waals surface area contributed by atoms with E-state index in [1.165, 1.54) is 11.3 Å². The average molecular weight is 352 g/mol. The van der Waals surface area contributed by atoms with Crippen LogP contribution in [0.25, 0.3) is 0 Å². The lowest BCUT2D eigenvalue weighted by Gasteiger charge is -2.36. The van der Waals surface area contributed by atoms with Crippen LogP contribution in [0.5, 0.6) is 0 Å². The fourth-order valence-corrected chi connectivity index (χ4v) is 3.12. The molecular formula is C21H28N4O. The molecule has 2 amide bonds. The molecule has 0 atom stereocenters. The maximum absolute atomic E-state index is 12.3. The Balaban J connectivity index is 1.50. The number of amides is 2. The molecule has 2 heterocycles. The van der Waals surface area contributed by atoms with Gasteiger partial charge in [-0.1, -0.05) is 39.0 Å². The van der Waals surface area contributed by atoms with Crippen LogP contribution in [0.3, 0.4) is 0 Å².